The highest BCUT2D eigenvalue weighted by molar-refractivity contribution is 5.98. The molecule has 1 saturated carbocycles. The van der Waals surface area contributed by atoms with Crippen molar-refractivity contribution in [2.75, 3.05) is 13.1 Å². The first kappa shape index (κ1) is 15.6. The van der Waals surface area contributed by atoms with Gasteiger partial charge in [-0.1, -0.05) is 18.2 Å². The molecule has 2 aliphatic rings. The van der Waals surface area contributed by atoms with Gasteiger partial charge < -0.3 is 14.5 Å². The van der Waals surface area contributed by atoms with Crippen molar-refractivity contribution in [1.29, 1.82) is 0 Å². The van der Waals surface area contributed by atoms with Gasteiger partial charge in [0.25, 0.3) is 5.91 Å². The van der Waals surface area contributed by atoms with Crippen LogP contribution in [0.1, 0.15) is 35.6 Å². The molecule has 1 unspecified atom stereocenters. The van der Waals surface area contributed by atoms with Gasteiger partial charge in [0.1, 0.15) is 17.8 Å². The lowest BCUT2D eigenvalue weighted by Gasteiger charge is -2.15. The molecular formula is C20H23N5O. The Kier molecular flexibility index (Phi) is 3.76. The van der Waals surface area contributed by atoms with Crippen LogP contribution in [0.25, 0.3) is 10.9 Å². The molecule has 5 rings (SSSR count). The maximum absolute atomic E-state index is 12.8. The van der Waals surface area contributed by atoms with Crippen LogP contribution in [0.4, 0.5) is 0 Å². The first-order valence-corrected chi connectivity index (χ1v) is 9.50. The molecule has 1 aliphatic heterocycles. The number of carbonyl (C=O) groups excluding carboxylic acids is 1. The number of likely N-dealkylation sites (tertiary alicyclic amines) is 1. The number of benzene rings is 1. The van der Waals surface area contributed by atoms with Gasteiger partial charge in [0.2, 0.25) is 0 Å². The fourth-order valence-corrected chi connectivity index (χ4v) is 3.97. The first-order valence-electron chi connectivity index (χ1n) is 9.50. The number of carbonyl (C=O) groups is 1. The Morgan fingerprint density at radius 2 is 2.08 bits per heavy atom. The van der Waals surface area contributed by atoms with Crippen molar-refractivity contribution in [3.05, 3.63) is 48.2 Å². The molecule has 0 spiro atoms. The number of nitrogens with zero attached hydrogens (tertiary/aromatic N) is 4. The van der Waals surface area contributed by atoms with E-state index in [9.17, 15) is 4.79 Å². The molecule has 1 saturated heterocycles. The van der Waals surface area contributed by atoms with Crippen LogP contribution in [-0.4, -0.2) is 43.6 Å². The minimum atomic E-state index is 0.100. The highest BCUT2D eigenvalue weighted by Gasteiger charge is 2.29. The molecule has 2 fully saturated rings. The normalized spacial score (nSPS) is 20.2. The largest absolute Gasteiger partial charge is 0.351 e. The van der Waals surface area contributed by atoms with Gasteiger partial charge in [0, 0.05) is 37.0 Å². The van der Waals surface area contributed by atoms with Crippen molar-refractivity contribution in [2.45, 2.75) is 32.2 Å². The number of para-hydroxylation sites is 1. The SMILES string of the molecule is O=C(c1cc2ccccc2[nH]1)N1CCC(Cc2nncn2CC2CC2)C1. The van der Waals surface area contributed by atoms with Gasteiger partial charge in [-0.3, -0.25) is 4.79 Å². The molecule has 0 radical (unpaired) electrons. The summed E-state index contributed by atoms with van der Waals surface area (Å²) in [4.78, 5) is 18.1. The molecule has 1 atom stereocenters. The van der Waals surface area contributed by atoms with E-state index in [2.05, 4.69) is 19.7 Å². The Labute approximate surface area is 152 Å². The lowest BCUT2D eigenvalue weighted by molar-refractivity contribution is 0.0782. The maximum Gasteiger partial charge on any atom is 0.270 e. The molecule has 0 bridgehead atoms. The number of aromatic amines is 1. The van der Waals surface area contributed by atoms with Crippen LogP contribution in [0.15, 0.2) is 36.7 Å². The Bertz CT molecular complexity index is 905. The monoisotopic (exact) mass is 349 g/mol. The van der Waals surface area contributed by atoms with Crippen LogP contribution < -0.4 is 0 Å². The molecule has 6 heteroatoms. The summed E-state index contributed by atoms with van der Waals surface area (Å²) in [6, 6.07) is 9.97. The van der Waals surface area contributed by atoms with E-state index in [4.69, 9.17) is 0 Å². The van der Waals surface area contributed by atoms with E-state index in [-0.39, 0.29) is 5.91 Å². The Morgan fingerprint density at radius 1 is 1.19 bits per heavy atom. The second-order valence-electron chi connectivity index (χ2n) is 7.72. The number of rotatable bonds is 5. The first-order chi connectivity index (χ1) is 12.8. The smallest absolute Gasteiger partial charge is 0.270 e. The van der Waals surface area contributed by atoms with E-state index >= 15 is 0 Å². The molecule has 1 aromatic carbocycles. The van der Waals surface area contributed by atoms with Crippen molar-refractivity contribution < 1.29 is 4.79 Å². The molecular weight excluding hydrogens is 326 g/mol. The Morgan fingerprint density at radius 3 is 2.92 bits per heavy atom. The number of hydrogen-bond acceptors (Lipinski definition) is 3. The predicted octanol–water partition coefficient (Wildman–Crippen LogP) is 2.87. The minimum Gasteiger partial charge on any atom is -0.351 e. The minimum absolute atomic E-state index is 0.100. The summed E-state index contributed by atoms with van der Waals surface area (Å²) in [5.41, 5.74) is 1.70. The van der Waals surface area contributed by atoms with E-state index in [0.717, 1.165) is 55.1 Å². The summed E-state index contributed by atoms with van der Waals surface area (Å²) in [6.45, 7) is 2.66. The number of aromatic nitrogens is 4. The molecule has 26 heavy (non-hydrogen) atoms. The number of amides is 1. The molecule has 3 aromatic rings. The molecule has 3 heterocycles. The van der Waals surface area contributed by atoms with Gasteiger partial charge in [0.05, 0.1) is 0 Å². The zero-order chi connectivity index (χ0) is 17.5. The van der Waals surface area contributed by atoms with Crippen molar-refractivity contribution >= 4 is 16.8 Å². The number of hydrogen-bond donors (Lipinski definition) is 1. The van der Waals surface area contributed by atoms with Crippen LogP contribution in [0.5, 0.6) is 0 Å². The Hall–Kier alpha value is -2.63. The summed E-state index contributed by atoms with van der Waals surface area (Å²) in [7, 11) is 0. The molecule has 1 amide bonds. The van der Waals surface area contributed by atoms with Gasteiger partial charge >= 0.3 is 0 Å². The highest BCUT2D eigenvalue weighted by atomic mass is 16.2. The van der Waals surface area contributed by atoms with E-state index in [1.165, 1.54) is 12.8 Å². The lowest BCUT2D eigenvalue weighted by atomic mass is 10.0. The van der Waals surface area contributed by atoms with Crippen molar-refractivity contribution in [2.24, 2.45) is 11.8 Å². The number of H-pyrrole nitrogens is 1. The number of fused-ring (bicyclic) bond motifs is 1. The maximum atomic E-state index is 12.8. The van der Waals surface area contributed by atoms with Crippen LogP contribution >= 0.6 is 0 Å². The molecule has 134 valence electrons. The van der Waals surface area contributed by atoms with E-state index in [0.29, 0.717) is 11.6 Å². The average Bonchev–Trinajstić information content (AvgIpc) is 3.04. The van der Waals surface area contributed by atoms with Gasteiger partial charge in [-0.15, -0.1) is 10.2 Å². The van der Waals surface area contributed by atoms with E-state index in [1.807, 2.05) is 41.6 Å². The van der Waals surface area contributed by atoms with Gasteiger partial charge in [-0.25, -0.2) is 0 Å². The second kappa shape index (κ2) is 6.27. The van der Waals surface area contributed by atoms with E-state index in [1.54, 1.807) is 0 Å². The summed E-state index contributed by atoms with van der Waals surface area (Å²) in [5, 5.41) is 9.50. The lowest BCUT2D eigenvalue weighted by Crippen LogP contribution is -2.29. The third-order valence-electron chi connectivity index (χ3n) is 5.65. The fraction of sp³-hybridized carbons (Fsp3) is 0.450. The third-order valence-corrected chi connectivity index (χ3v) is 5.65. The quantitative estimate of drug-likeness (QED) is 0.770. The standard InChI is InChI=1S/C20H23N5O/c26-20(18-10-16-3-1-2-4-17(16)22-18)24-8-7-15(12-24)9-19-23-21-13-25(19)11-14-5-6-14/h1-4,10,13-15,22H,5-9,11-12H2. The van der Waals surface area contributed by atoms with Gasteiger partial charge in [-0.05, 0) is 43.2 Å². The average molecular weight is 349 g/mol. The van der Waals surface area contributed by atoms with Crippen LogP contribution in [0.3, 0.4) is 0 Å². The summed E-state index contributed by atoms with van der Waals surface area (Å²) in [6.07, 6.45) is 6.45. The molecule has 6 nitrogen and oxygen atoms in total. The molecule has 1 aliphatic carbocycles. The summed E-state index contributed by atoms with van der Waals surface area (Å²) in [5.74, 6) is 2.45. The van der Waals surface area contributed by atoms with Crippen LogP contribution in [0.2, 0.25) is 0 Å². The van der Waals surface area contributed by atoms with Gasteiger partial charge in [0.15, 0.2) is 0 Å². The van der Waals surface area contributed by atoms with Crippen LogP contribution in [0, 0.1) is 11.8 Å². The summed E-state index contributed by atoms with van der Waals surface area (Å²) >= 11 is 0. The topological polar surface area (TPSA) is 66.8 Å². The number of nitrogens with one attached hydrogen (secondary N) is 1. The zero-order valence-corrected chi connectivity index (χ0v) is 14.8. The van der Waals surface area contributed by atoms with Gasteiger partial charge in [-0.2, -0.15) is 0 Å². The molecule has 1 N–H and O–H groups in total. The zero-order valence-electron chi connectivity index (χ0n) is 14.8. The highest BCUT2D eigenvalue weighted by Crippen LogP contribution is 2.31. The molecule has 2 aromatic heterocycles. The second-order valence-corrected chi connectivity index (χ2v) is 7.72. The fourth-order valence-electron chi connectivity index (χ4n) is 3.97. The van der Waals surface area contributed by atoms with Crippen LogP contribution in [-0.2, 0) is 13.0 Å². The Balaban J connectivity index is 1.25. The van der Waals surface area contributed by atoms with E-state index < -0.39 is 0 Å². The van der Waals surface area contributed by atoms with Crippen molar-refractivity contribution in [1.82, 2.24) is 24.6 Å². The van der Waals surface area contributed by atoms with Crippen molar-refractivity contribution in [3.63, 3.8) is 0 Å². The third kappa shape index (κ3) is 3.00. The predicted molar refractivity (Wildman–Crippen MR) is 98.8 cm³/mol. The van der Waals surface area contributed by atoms with Crippen molar-refractivity contribution in [3.8, 4) is 0 Å². The summed E-state index contributed by atoms with van der Waals surface area (Å²) < 4.78 is 2.21.